The topological polar surface area (TPSA) is 118 Å². The first-order chi connectivity index (χ1) is 26.0. The molecular formula is C44H74N4O5S. The van der Waals surface area contributed by atoms with Gasteiger partial charge in [-0.3, -0.25) is 9.59 Å². The summed E-state index contributed by atoms with van der Waals surface area (Å²) in [5.74, 6) is 6.05. The van der Waals surface area contributed by atoms with E-state index in [1.165, 1.54) is 57.8 Å². The third-order valence-electron chi connectivity index (χ3n) is 15.1. The number of carbonyl (C=O) groups is 3. The molecule has 6 aliphatic rings. The molecule has 10 heteroatoms. The van der Waals surface area contributed by atoms with E-state index in [4.69, 9.17) is 9.47 Å². The van der Waals surface area contributed by atoms with Crippen LogP contribution in [-0.4, -0.2) is 79.9 Å². The average Bonchev–Trinajstić information content (AvgIpc) is 3.81. The van der Waals surface area contributed by atoms with Crippen LogP contribution in [-0.2, 0) is 19.1 Å². The van der Waals surface area contributed by atoms with Crippen LogP contribution >= 0.6 is 11.8 Å². The van der Waals surface area contributed by atoms with E-state index in [0.717, 1.165) is 79.8 Å². The molecular weight excluding hydrogens is 697 g/mol. The van der Waals surface area contributed by atoms with Crippen molar-refractivity contribution in [2.75, 3.05) is 38.7 Å². The van der Waals surface area contributed by atoms with E-state index in [1.54, 1.807) is 5.57 Å². The first-order valence-electron chi connectivity index (χ1n) is 22.1. The number of allylic oxidation sites excluding steroid dienone is 1. The van der Waals surface area contributed by atoms with Crippen LogP contribution in [0.15, 0.2) is 11.6 Å². The Hall–Kier alpha value is -1.78. The SMILES string of the molecule is CC(C)CCC[C@@H](C)[C@H]1CC[C@H]2[C@@H]3CC=C4C[C@@H](OCC(=O)NCCOCCCNC(=O)CCCCC5SCC6NC(=O)NC65)CC[C@]4(C)[C@H]3CC[C@]12C. The number of ether oxygens (including phenoxy) is 2. The molecule has 2 aliphatic heterocycles. The van der Waals surface area contributed by atoms with E-state index in [-0.39, 0.29) is 42.6 Å². The number of amides is 4. The predicted molar refractivity (Wildman–Crippen MR) is 218 cm³/mol. The first-order valence-corrected chi connectivity index (χ1v) is 23.1. The zero-order chi connectivity index (χ0) is 38.3. The minimum Gasteiger partial charge on any atom is -0.380 e. The molecule has 0 bridgehead atoms. The van der Waals surface area contributed by atoms with Gasteiger partial charge in [-0.2, -0.15) is 11.8 Å². The van der Waals surface area contributed by atoms with Crippen LogP contribution in [0.3, 0.4) is 0 Å². The van der Waals surface area contributed by atoms with E-state index in [0.29, 0.717) is 48.8 Å². The molecule has 2 heterocycles. The van der Waals surface area contributed by atoms with Crippen LogP contribution in [0.4, 0.5) is 4.79 Å². The van der Waals surface area contributed by atoms with Crippen molar-refractivity contribution < 1.29 is 23.9 Å². The highest BCUT2D eigenvalue weighted by molar-refractivity contribution is 8.00. The van der Waals surface area contributed by atoms with Gasteiger partial charge in [0.2, 0.25) is 11.8 Å². The molecule has 2 saturated heterocycles. The lowest BCUT2D eigenvalue weighted by Crippen LogP contribution is -2.51. The maximum absolute atomic E-state index is 12.6. The monoisotopic (exact) mass is 771 g/mol. The second kappa shape index (κ2) is 19.1. The van der Waals surface area contributed by atoms with Crippen molar-refractivity contribution in [1.29, 1.82) is 0 Å². The third kappa shape index (κ3) is 10.0. The fourth-order valence-corrected chi connectivity index (χ4v) is 13.7. The highest BCUT2D eigenvalue weighted by Crippen LogP contribution is 2.67. The van der Waals surface area contributed by atoms with Crippen molar-refractivity contribution >= 4 is 29.6 Å². The molecule has 0 radical (unpaired) electrons. The molecule has 0 spiro atoms. The minimum atomic E-state index is -0.0753. The Balaban J connectivity index is 0.800. The average molecular weight is 771 g/mol. The van der Waals surface area contributed by atoms with Gasteiger partial charge in [-0.05, 0) is 117 Å². The van der Waals surface area contributed by atoms with Crippen LogP contribution in [0.5, 0.6) is 0 Å². The summed E-state index contributed by atoms with van der Waals surface area (Å²) in [7, 11) is 0. The number of urea groups is 1. The Morgan fingerprint density at radius 1 is 0.926 bits per heavy atom. The Bertz CT molecular complexity index is 1310. The Labute approximate surface area is 331 Å². The standard InChI is InChI=1S/C44H74N4O5S/c1-29(2)10-8-11-30(3)34-16-17-35-33-15-14-31-26-32(18-20-43(31,4)36(33)19-21-44(34,35)5)53-27-40(50)46-23-25-52-24-9-22-45-39(49)13-7-6-12-38-41-37(28-54-38)47-42(51)48-41/h14,29-30,32-38,41H,6-13,15-28H2,1-5H3,(H,45,49)(H,46,50)(H2,47,48,51)/t30-,32+,33+,34-,35+,36+,37?,38?,41?,43+,44-/m1/s1. The van der Waals surface area contributed by atoms with Crippen LogP contribution in [0.2, 0.25) is 0 Å². The molecule has 0 aromatic carbocycles. The Kier molecular flexibility index (Phi) is 14.8. The van der Waals surface area contributed by atoms with Gasteiger partial charge in [-0.1, -0.05) is 72.0 Å². The minimum absolute atomic E-state index is 0.0505. The molecule has 54 heavy (non-hydrogen) atoms. The third-order valence-corrected chi connectivity index (χ3v) is 16.7. The van der Waals surface area contributed by atoms with Gasteiger partial charge in [0.05, 0.1) is 24.8 Å². The second-order valence-electron chi connectivity index (χ2n) is 19.0. The quantitative estimate of drug-likeness (QED) is 0.0571. The summed E-state index contributed by atoms with van der Waals surface area (Å²) in [5.41, 5.74) is 2.43. The molecule has 0 aromatic rings. The lowest BCUT2D eigenvalue weighted by Gasteiger charge is -2.58. The number of hydrogen-bond acceptors (Lipinski definition) is 6. The van der Waals surface area contributed by atoms with Crippen molar-refractivity contribution in [2.24, 2.45) is 46.3 Å². The van der Waals surface area contributed by atoms with Crippen molar-refractivity contribution in [1.82, 2.24) is 21.3 Å². The Morgan fingerprint density at radius 2 is 1.76 bits per heavy atom. The second-order valence-corrected chi connectivity index (χ2v) is 20.3. The van der Waals surface area contributed by atoms with Crippen molar-refractivity contribution in [3.8, 4) is 0 Å². The fourth-order valence-electron chi connectivity index (χ4n) is 12.2. The fraction of sp³-hybridized carbons (Fsp3) is 0.886. The Morgan fingerprint density at radius 3 is 2.59 bits per heavy atom. The zero-order valence-corrected chi connectivity index (χ0v) is 35.2. The predicted octanol–water partition coefficient (Wildman–Crippen LogP) is 7.78. The number of thioether (sulfide) groups is 1. The summed E-state index contributed by atoms with van der Waals surface area (Å²) < 4.78 is 11.9. The van der Waals surface area contributed by atoms with Crippen molar-refractivity contribution in [3.05, 3.63) is 11.6 Å². The maximum Gasteiger partial charge on any atom is 0.315 e. The van der Waals surface area contributed by atoms with Crippen LogP contribution < -0.4 is 21.3 Å². The van der Waals surface area contributed by atoms with Gasteiger partial charge in [0.25, 0.3) is 0 Å². The molecule has 9 nitrogen and oxygen atoms in total. The van der Waals surface area contributed by atoms with Gasteiger partial charge in [0, 0.05) is 37.1 Å². The molecule has 11 atom stereocenters. The molecule has 4 N–H and O–H groups in total. The summed E-state index contributed by atoms with van der Waals surface area (Å²) >= 11 is 1.92. The summed E-state index contributed by atoms with van der Waals surface area (Å²) in [6, 6.07) is 0.430. The highest BCUT2D eigenvalue weighted by atomic mass is 32.2. The lowest BCUT2D eigenvalue weighted by molar-refractivity contribution is -0.129. The first kappa shape index (κ1) is 41.8. The van der Waals surface area contributed by atoms with Crippen LogP contribution in [0, 0.1) is 46.3 Å². The van der Waals surface area contributed by atoms with E-state index in [2.05, 4.69) is 62.0 Å². The van der Waals surface area contributed by atoms with Gasteiger partial charge in [-0.25, -0.2) is 4.79 Å². The van der Waals surface area contributed by atoms with E-state index >= 15 is 0 Å². The van der Waals surface area contributed by atoms with Crippen molar-refractivity contribution in [2.45, 2.75) is 161 Å². The summed E-state index contributed by atoms with van der Waals surface area (Å²) in [6.07, 6.45) is 21.2. The zero-order valence-electron chi connectivity index (χ0n) is 34.4. The van der Waals surface area contributed by atoms with Gasteiger partial charge in [-0.15, -0.1) is 0 Å². The van der Waals surface area contributed by atoms with Crippen molar-refractivity contribution in [3.63, 3.8) is 0 Å². The summed E-state index contributed by atoms with van der Waals surface area (Å²) in [5, 5.41) is 12.4. The molecule has 4 amide bonds. The number of unbranched alkanes of at least 4 members (excludes halogenated alkanes) is 1. The van der Waals surface area contributed by atoms with Gasteiger partial charge in [0.15, 0.2) is 0 Å². The smallest absolute Gasteiger partial charge is 0.315 e. The van der Waals surface area contributed by atoms with Gasteiger partial charge in [0.1, 0.15) is 6.61 Å². The van der Waals surface area contributed by atoms with E-state index in [1.807, 2.05) is 11.8 Å². The summed E-state index contributed by atoms with van der Waals surface area (Å²) in [6.45, 7) is 14.7. The molecule has 0 aromatic heterocycles. The molecule has 306 valence electrons. The molecule has 4 aliphatic carbocycles. The summed E-state index contributed by atoms with van der Waals surface area (Å²) in [4.78, 5) is 36.4. The molecule has 6 rings (SSSR count). The number of fused-ring (bicyclic) bond motifs is 6. The largest absolute Gasteiger partial charge is 0.380 e. The number of carbonyl (C=O) groups excluding carboxylic acids is 3. The number of nitrogens with one attached hydrogen (secondary N) is 4. The molecule has 3 saturated carbocycles. The maximum atomic E-state index is 12.6. The number of rotatable bonds is 20. The number of hydrogen-bond donors (Lipinski definition) is 4. The molecule has 3 unspecified atom stereocenters. The normalized spacial score (nSPS) is 36.0. The van der Waals surface area contributed by atoms with E-state index < -0.39 is 0 Å². The van der Waals surface area contributed by atoms with Gasteiger partial charge >= 0.3 is 6.03 Å². The molecule has 5 fully saturated rings. The highest BCUT2D eigenvalue weighted by Gasteiger charge is 2.59. The van der Waals surface area contributed by atoms with E-state index in [9.17, 15) is 14.4 Å². The lowest BCUT2D eigenvalue weighted by atomic mass is 9.47. The van der Waals surface area contributed by atoms with Gasteiger partial charge < -0.3 is 30.7 Å². The van der Waals surface area contributed by atoms with Crippen LogP contribution in [0.1, 0.15) is 137 Å². The van der Waals surface area contributed by atoms with Crippen LogP contribution in [0.25, 0.3) is 0 Å².